The Hall–Kier alpha value is -7.23. The number of hydrogen-bond donors (Lipinski definition) is 0. The quantitative estimate of drug-likeness (QED) is 0.121. The molecule has 0 aliphatic carbocycles. The van der Waals surface area contributed by atoms with Crippen LogP contribution < -0.4 is 13.7 Å². The Morgan fingerprint density at radius 2 is 0.681 bits per heavy atom. The zero-order valence-electron chi connectivity index (χ0n) is 45.7. The van der Waals surface area contributed by atoms with Crippen LogP contribution in [0.1, 0.15) is 90.6 Å². The molecule has 0 N–H and O–H groups in total. The number of aryl methyl sites for hydroxylation is 10. The summed E-state index contributed by atoms with van der Waals surface area (Å²) >= 11 is 0. The molecule has 0 saturated heterocycles. The molecule has 0 amide bonds. The Kier molecular flexibility index (Phi) is 17.4. The van der Waals surface area contributed by atoms with Gasteiger partial charge in [-0.1, -0.05) is 144 Å². The Balaban J connectivity index is 0.000000159. The van der Waals surface area contributed by atoms with Crippen LogP contribution in [0.2, 0.25) is 0 Å². The van der Waals surface area contributed by atoms with Gasteiger partial charge in [-0.15, -0.1) is 0 Å². The summed E-state index contributed by atoms with van der Waals surface area (Å²) in [4.78, 5) is 0. The second-order valence-corrected chi connectivity index (χ2v) is 20.6. The molecule has 0 aliphatic heterocycles. The van der Waals surface area contributed by atoms with Crippen molar-refractivity contribution in [2.75, 3.05) is 0 Å². The number of benzene rings is 6. The summed E-state index contributed by atoms with van der Waals surface area (Å²) in [7, 11) is 6.34. The normalized spacial score (nSPS) is 11.0. The molecule has 3 heterocycles. The Morgan fingerprint density at radius 3 is 1.04 bits per heavy atom. The molecular weight excluding hydrogens is 871 g/mol. The van der Waals surface area contributed by atoms with Crippen LogP contribution in [0.25, 0.3) is 67.2 Å². The van der Waals surface area contributed by atoms with Crippen molar-refractivity contribution in [1.82, 2.24) is 0 Å². The van der Waals surface area contributed by atoms with E-state index in [2.05, 4.69) is 293 Å². The van der Waals surface area contributed by atoms with Crippen LogP contribution in [0, 0.1) is 47.5 Å². The molecule has 0 fully saturated rings. The van der Waals surface area contributed by atoms with E-state index in [1.165, 1.54) is 117 Å². The van der Waals surface area contributed by atoms with Gasteiger partial charge in [0, 0.05) is 53.1 Å². The molecule has 3 heteroatoms. The van der Waals surface area contributed by atoms with Crippen molar-refractivity contribution in [2.24, 2.45) is 27.1 Å². The maximum Gasteiger partial charge on any atom is 0.213 e. The summed E-state index contributed by atoms with van der Waals surface area (Å²) in [5.74, 6) is 1.21. The smallest absolute Gasteiger partial charge is 0.201 e. The van der Waals surface area contributed by atoms with Gasteiger partial charge in [-0.2, -0.15) is 0 Å². The summed E-state index contributed by atoms with van der Waals surface area (Å²) in [5.41, 5.74) is 27.7. The highest BCUT2D eigenvalue weighted by molar-refractivity contribution is 5.73. The van der Waals surface area contributed by atoms with Crippen LogP contribution in [0.3, 0.4) is 0 Å². The lowest BCUT2D eigenvalue weighted by Crippen LogP contribution is -2.30. The van der Waals surface area contributed by atoms with Crippen molar-refractivity contribution in [3.8, 4) is 67.2 Å². The third kappa shape index (κ3) is 12.6. The summed E-state index contributed by atoms with van der Waals surface area (Å²) in [6, 6.07) is 59.7. The van der Waals surface area contributed by atoms with Crippen LogP contribution in [0.4, 0.5) is 0 Å². The second kappa shape index (κ2) is 23.8. The first-order valence-corrected chi connectivity index (χ1v) is 26.0. The summed E-state index contributed by atoms with van der Waals surface area (Å²) in [5, 5.41) is 0. The Labute approximate surface area is 433 Å². The molecule has 6 aromatic carbocycles. The van der Waals surface area contributed by atoms with Crippen molar-refractivity contribution in [3.63, 3.8) is 0 Å². The molecule has 0 bridgehead atoms. The van der Waals surface area contributed by atoms with Gasteiger partial charge in [-0.25, -0.2) is 13.7 Å². The van der Waals surface area contributed by atoms with Crippen molar-refractivity contribution in [1.29, 1.82) is 0 Å². The topological polar surface area (TPSA) is 11.6 Å². The van der Waals surface area contributed by atoms with Gasteiger partial charge >= 0.3 is 0 Å². The molecule has 3 nitrogen and oxygen atoms in total. The van der Waals surface area contributed by atoms with E-state index in [9.17, 15) is 0 Å². The number of rotatable bonds is 10. The molecule has 0 aliphatic rings. The minimum atomic E-state index is 0.542. The fraction of sp³-hybridized carbons (Fsp3) is 0.261. The molecule has 9 rings (SSSR count). The van der Waals surface area contributed by atoms with Crippen LogP contribution in [0.5, 0.6) is 0 Å². The lowest BCUT2D eigenvalue weighted by atomic mass is 9.93. The highest BCUT2D eigenvalue weighted by Gasteiger charge is 2.18. The van der Waals surface area contributed by atoms with E-state index in [4.69, 9.17) is 0 Å². The zero-order valence-corrected chi connectivity index (χ0v) is 45.7. The van der Waals surface area contributed by atoms with Gasteiger partial charge in [0.05, 0.1) is 0 Å². The monoisotopic (exact) mass is 949 g/mol. The summed E-state index contributed by atoms with van der Waals surface area (Å²) < 4.78 is 6.60. The van der Waals surface area contributed by atoms with Crippen LogP contribution in [0.15, 0.2) is 182 Å². The molecule has 3 aromatic heterocycles. The zero-order chi connectivity index (χ0) is 51.6. The molecule has 0 saturated carbocycles. The van der Waals surface area contributed by atoms with Crippen LogP contribution in [-0.2, 0) is 34.0 Å². The summed E-state index contributed by atoms with van der Waals surface area (Å²) in [6.45, 7) is 24.4. The first-order chi connectivity index (χ1) is 34.5. The predicted octanol–water partition coefficient (Wildman–Crippen LogP) is 16.3. The molecular formula is C69H78N3+3. The second-order valence-electron chi connectivity index (χ2n) is 20.6. The molecule has 72 heavy (non-hydrogen) atoms. The van der Waals surface area contributed by atoms with Gasteiger partial charge < -0.3 is 0 Å². The third-order valence-corrected chi connectivity index (χ3v) is 14.3. The van der Waals surface area contributed by atoms with Crippen molar-refractivity contribution in [3.05, 3.63) is 232 Å². The number of aromatic nitrogens is 3. The average molecular weight is 949 g/mol. The fourth-order valence-corrected chi connectivity index (χ4v) is 9.82. The maximum atomic E-state index is 2.37. The SMILES string of the molecule is CCc1cc(-c2cc[n+](C)c(-c3ccccc3C)c2)ccc1C.Cc1ccc(-c2cc[n+](C)c(-c3ccccc3C)c2)cc1CC(C)C.Cc1ccccc1-c1cc(-c2ccc(C)c(C(C)C)c2)cc[n+]1C. The Bertz CT molecular complexity index is 3310. The van der Waals surface area contributed by atoms with E-state index in [1.54, 1.807) is 0 Å². The van der Waals surface area contributed by atoms with E-state index in [0.29, 0.717) is 11.8 Å². The lowest BCUT2D eigenvalue weighted by Gasteiger charge is -2.12. The number of hydrogen-bond acceptors (Lipinski definition) is 0. The van der Waals surface area contributed by atoms with Crippen molar-refractivity contribution in [2.45, 2.75) is 94.9 Å². The van der Waals surface area contributed by atoms with Gasteiger partial charge in [-0.3, -0.25) is 0 Å². The third-order valence-electron chi connectivity index (χ3n) is 14.3. The minimum Gasteiger partial charge on any atom is -0.201 e. The average Bonchev–Trinajstić information content (AvgIpc) is 3.36. The number of pyridine rings is 3. The highest BCUT2D eigenvalue weighted by Crippen LogP contribution is 2.32. The molecule has 0 unspecified atom stereocenters. The largest absolute Gasteiger partial charge is 0.213 e. The molecule has 9 aromatic rings. The first-order valence-electron chi connectivity index (χ1n) is 26.0. The number of nitrogens with zero attached hydrogens (tertiary/aromatic N) is 3. The van der Waals surface area contributed by atoms with Gasteiger partial charge in [0.15, 0.2) is 18.6 Å². The summed E-state index contributed by atoms with van der Waals surface area (Å²) in [6.07, 6.45) is 8.68. The van der Waals surface area contributed by atoms with E-state index in [1.807, 2.05) is 0 Å². The van der Waals surface area contributed by atoms with Gasteiger partial charge in [0.1, 0.15) is 21.1 Å². The lowest BCUT2D eigenvalue weighted by molar-refractivity contribution is -0.660. The predicted molar refractivity (Wildman–Crippen MR) is 306 cm³/mol. The van der Waals surface area contributed by atoms with E-state index >= 15 is 0 Å². The van der Waals surface area contributed by atoms with Gasteiger partial charge in [-0.05, 0) is 168 Å². The van der Waals surface area contributed by atoms with E-state index in [0.717, 1.165) is 12.8 Å². The molecule has 0 spiro atoms. The Morgan fingerprint density at radius 1 is 0.347 bits per heavy atom. The maximum absolute atomic E-state index is 2.37. The first kappa shape index (κ1) is 52.6. The minimum absolute atomic E-state index is 0.542. The van der Waals surface area contributed by atoms with Gasteiger partial charge in [0.2, 0.25) is 17.1 Å². The molecule has 366 valence electrons. The van der Waals surface area contributed by atoms with E-state index < -0.39 is 0 Å². The highest BCUT2D eigenvalue weighted by atomic mass is 14.9. The molecule has 0 atom stereocenters. The molecule has 0 radical (unpaired) electrons. The van der Waals surface area contributed by atoms with E-state index in [-0.39, 0.29) is 0 Å². The van der Waals surface area contributed by atoms with Crippen LogP contribution >= 0.6 is 0 Å². The van der Waals surface area contributed by atoms with Gasteiger partial charge in [0.25, 0.3) is 0 Å². The fourth-order valence-electron chi connectivity index (χ4n) is 9.82. The van der Waals surface area contributed by atoms with Crippen molar-refractivity contribution >= 4 is 0 Å². The van der Waals surface area contributed by atoms with Crippen LogP contribution in [-0.4, -0.2) is 0 Å². The standard InChI is InChI=1S/C24H28N.C23H26N.C22H24N/c1-17(2)14-22-15-20(11-10-18(22)3)21-12-13-25(5)24(16-21)23-9-7-6-8-19(23)4;1-16(2)22-14-19(11-10-18(22)4)20-12-13-24(5)23(15-20)21-9-7-6-8-17(21)3;1-5-18-14-19(11-10-16(18)2)20-12-13-23(4)22(15-20)21-9-7-6-8-17(21)3/h6-13,15-17H,14H2,1-5H3;6-16H,1-5H3;6-15H,5H2,1-4H3/q3*+1. The van der Waals surface area contributed by atoms with Crippen molar-refractivity contribution < 1.29 is 13.7 Å².